The molecule has 0 saturated heterocycles. The molecule has 1 aliphatic heterocycles. The van der Waals surface area contributed by atoms with E-state index in [-0.39, 0.29) is 0 Å². The van der Waals surface area contributed by atoms with Gasteiger partial charge >= 0.3 is 5.97 Å². The van der Waals surface area contributed by atoms with Gasteiger partial charge in [-0.25, -0.2) is 0 Å². The number of rotatable bonds is 5. The van der Waals surface area contributed by atoms with E-state index < -0.39 is 36.3 Å². The third-order valence-corrected chi connectivity index (χ3v) is 4.19. The van der Waals surface area contributed by atoms with Crippen LogP contribution in [0.5, 0.6) is 0 Å². The van der Waals surface area contributed by atoms with Gasteiger partial charge in [0.2, 0.25) is 11.8 Å². The highest BCUT2D eigenvalue weighted by Crippen LogP contribution is 2.26. The normalized spacial score (nSPS) is 17.9. The van der Waals surface area contributed by atoms with Crippen LogP contribution in [-0.2, 0) is 27.3 Å². The SMILES string of the molecule is NC(=O)[C@H](CC(=O)O)NC(=O)[C@@H]1Cc2c([nH]c3ccccc23)CN1. The number of hydrogen-bond acceptors (Lipinski definition) is 4. The minimum Gasteiger partial charge on any atom is -0.481 e. The number of nitrogens with two attached hydrogens (primary N) is 1. The van der Waals surface area contributed by atoms with Crippen molar-refractivity contribution < 1.29 is 19.5 Å². The zero-order chi connectivity index (χ0) is 17.3. The highest BCUT2D eigenvalue weighted by Gasteiger charge is 2.30. The Balaban J connectivity index is 1.75. The molecule has 2 amide bonds. The molecule has 24 heavy (non-hydrogen) atoms. The van der Waals surface area contributed by atoms with Crippen LogP contribution in [0, 0.1) is 0 Å². The fourth-order valence-corrected chi connectivity index (χ4v) is 3.00. The summed E-state index contributed by atoms with van der Waals surface area (Å²) in [6.45, 7) is 0.488. The van der Waals surface area contributed by atoms with Gasteiger partial charge in [0.15, 0.2) is 0 Å². The van der Waals surface area contributed by atoms with E-state index in [0.717, 1.165) is 22.2 Å². The van der Waals surface area contributed by atoms with Crippen LogP contribution in [0.3, 0.4) is 0 Å². The third kappa shape index (κ3) is 3.09. The van der Waals surface area contributed by atoms with Gasteiger partial charge in [-0.15, -0.1) is 0 Å². The van der Waals surface area contributed by atoms with Gasteiger partial charge in [-0.05, 0) is 18.1 Å². The Hall–Kier alpha value is -2.87. The number of nitrogens with one attached hydrogen (secondary N) is 3. The second kappa shape index (κ2) is 6.32. The predicted octanol–water partition coefficient (Wildman–Crippen LogP) is -0.373. The van der Waals surface area contributed by atoms with E-state index in [1.54, 1.807) is 0 Å². The summed E-state index contributed by atoms with van der Waals surface area (Å²) in [6, 6.07) is 6.06. The third-order valence-electron chi connectivity index (χ3n) is 4.19. The summed E-state index contributed by atoms with van der Waals surface area (Å²) < 4.78 is 0. The molecular weight excluding hydrogens is 312 g/mol. The molecule has 6 N–H and O–H groups in total. The van der Waals surface area contributed by atoms with Crippen molar-refractivity contribution in [3.8, 4) is 0 Å². The number of aromatic nitrogens is 1. The Morgan fingerprint density at radius 1 is 1.33 bits per heavy atom. The van der Waals surface area contributed by atoms with E-state index in [2.05, 4.69) is 15.6 Å². The van der Waals surface area contributed by atoms with Crippen molar-refractivity contribution in [2.45, 2.75) is 31.5 Å². The fourth-order valence-electron chi connectivity index (χ4n) is 3.00. The number of carboxylic acid groups (broad SMARTS) is 1. The van der Waals surface area contributed by atoms with E-state index in [1.807, 2.05) is 24.3 Å². The number of carboxylic acids is 1. The number of carbonyl (C=O) groups excluding carboxylic acids is 2. The molecule has 2 heterocycles. The molecule has 0 unspecified atom stereocenters. The minimum atomic E-state index is -1.22. The molecule has 2 aromatic rings. The first-order chi connectivity index (χ1) is 11.5. The van der Waals surface area contributed by atoms with Crippen LogP contribution >= 0.6 is 0 Å². The lowest BCUT2D eigenvalue weighted by molar-refractivity contribution is -0.140. The van der Waals surface area contributed by atoms with Gasteiger partial charge in [0.05, 0.1) is 12.5 Å². The van der Waals surface area contributed by atoms with E-state index in [0.29, 0.717) is 13.0 Å². The standard InChI is InChI=1S/C16H18N4O4/c17-15(23)11(6-14(21)22)20-16(24)12-5-9-8-3-1-2-4-10(8)19-13(9)7-18-12/h1-4,11-12,18-19H,5-7H2,(H2,17,23)(H,20,24)(H,21,22)/t11-,12-/m0/s1. The quantitative estimate of drug-likeness (QED) is 0.509. The van der Waals surface area contributed by atoms with Crippen molar-refractivity contribution in [2.75, 3.05) is 0 Å². The number of amides is 2. The van der Waals surface area contributed by atoms with E-state index in [4.69, 9.17) is 10.8 Å². The summed E-state index contributed by atoms with van der Waals surface area (Å²) in [6.07, 6.45) is -0.0874. The predicted molar refractivity (Wildman–Crippen MR) is 86.0 cm³/mol. The van der Waals surface area contributed by atoms with Crippen LogP contribution < -0.4 is 16.4 Å². The smallest absolute Gasteiger partial charge is 0.305 e. The Morgan fingerprint density at radius 2 is 2.08 bits per heavy atom. The Bertz CT molecular complexity index is 814. The number of benzene rings is 1. The van der Waals surface area contributed by atoms with Crippen LogP contribution in [0.1, 0.15) is 17.7 Å². The molecule has 1 aromatic heterocycles. The molecule has 0 radical (unpaired) electrons. The van der Waals surface area contributed by atoms with E-state index in [9.17, 15) is 14.4 Å². The summed E-state index contributed by atoms with van der Waals surface area (Å²) in [5, 5.41) is 15.4. The van der Waals surface area contributed by atoms with E-state index in [1.165, 1.54) is 0 Å². The first kappa shape index (κ1) is 16.0. The Kier molecular flexibility index (Phi) is 4.22. The lowest BCUT2D eigenvalue weighted by Gasteiger charge is -2.25. The van der Waals surface area contributed by atoms with Crippen molar-refractivity contribution in [1.82, 2.24) is 15.6 Å². The van der Waals surface area contributed by atoms with Gasteiger partial charge in [0.1, 0.15) is 6.04 Å². The maximum absolute atomic E-state index is 12.4. The molecule has 1 aromatic carbocycles. The maximum atomic E-state index is 12.4. The summed E-state index contributed by atoms with van der Waals surface area (Å²) in [7, 11) is 0. The molecule has 0 saturated carbocycles. The number of primary amides is 1. The summed E-state index contributed by atoms with van der Waals surface area (Å²) in [4.78, 5) is 37.8. The van der Waals surface area contributed by atoms with Crippen molar-refractivity contribution in [1.29, 1.82) is 0 Å². The number of H-pyrrole nitrogens is 1. The number of para-hydroxylation sites is 1. The maximum Gasteiger partial charge on any atom is 0.305 e. The Labute approximate surface area is 137 Å². The average molecular weight is 330 g/mol. The number of aliphatic carboxylic acids is 1. The average Bonchev–Trinajstić information content (AvgIpc) is 2.91. The van der Waals surface area contributed by atoms with Crippen LogP contribution in [0.4, 0.5) is 0 Å². The van der Waals surface area contributed by atoms with Crippen molar-refractivity contribution in [3.63, 3.8) is 0 Å². The van der Waals surface area contributed by atoms with Gasteiger partial charge in [-0.1, -0.05) is 18.2 Å². The largest absolute Gasteiger partial charge is 0.481 e. The molecule has 3 rings (SSSR count). The molecule has 0 bridgehead atoms. The summed E-state index contributed by atoms with van der Waals surface area (Å²) in [5.74, 6) is -2.50. The first-order valence-corrected chi connectivity index (χ1v) is 7.59. The van der Waals surface area contributed by atoms with Gasteiger partial charge < -0.3 is 21.1 Å². The molecular formula is C16H18N4O4. The van der Waals surface area contributed by atoms with Crippen molar-refractivity contribution in [3.05, 3.63) is 35.5 Å². The molecule has 0 spiro atoms. The number of aromatic amines is 1. The monoisotopic (exact) mass is 330 g/mol. The van der Waals surface area contributed by atoms with Gasteiger partial charge in [0, 0.05) is 23.1 Å². The lowest BCUT2D eigenvalue weighted by Crippen LogP contribution is -2.54. The first-order valence-electron chi connectivity index (χ1n) is 7.59. The Morgan fingerprint density at radius 3 is 2.79 bits per heavy atom. The van der Waals surface area contributed by atoms with Crippen LogP contribution in [0.15, 0.2) is 24.3 Å². The van der Waals surface area contributed by atoms with Crippen LogP contribution in [0.25, 0.3) is 10.9 Å². The highest BCUT2D eigenvalue weighted by molar-refractivity contribution is 5.92. The van der Waals surface area contributed by atoms with Crippen LogP contribution in [-0.4, -0.2) is 40.0 Å². The molecule has 0 fully saturated rings. The topological polar surface area (TPSA) is 137 Å². The second-order valence-corrected chi connectivity index (χ2v) is 5.83. The van der Waals surface area contributed by atoms with Gasteiger partial charge in [0.25, 0.3) is 0 Å². The van der Waals surface area contributed by atoms with Crippen LogP contribution in [0.2, 0.25) is 0 Å². The molecule has 1 aliphatic rings. The van der Waals surface area contributed by atoms with Crippen molar-refractivity contribution >= 4 is 28.7 Å². The molecule has 0 aliphatic carbocycles. The second-order valence-electron chi connectivity index (χ2n) is 5.83. The highest BCUT2D eigenvalue weighted by atomic mass is 16.4. The minimum absolute atomic E-state index is 0.434. The lowest BCUT2D eigenvalue weighted by atomic mass is 9.97. The van der Waals surface area contributed by atoms with E-state index >= 15 is 0 Å². The summed E-state index contributed by atoms with van der Waals surface area (Å²) >= 11 is 0. The van der Waals surface area contributed by atoms with Gasteiger partial charge in [-0.3, -0.25) is 19.7 Å². The van der Waals surface area contributed by atoms with Crippen molar-refractivity contribution in [2.24, 2.45) is 5.73 Å². The zero-order valence-electron chi connectivity index (χ0n) is 12.8. The number of carbonyl (C=O) groups is 3. The zero-order valence-corrected chi connectivity index (χ0v) is 12.8. The molecule has 126 valence electrons. The fraction of sp³-hybridized carbons (Fsp3) is 0.312. The number of fused-ring (bicyclic) bond motifs is 3. The molecule has 8 heteroatoms. The molecule has 8 nitrogen and oxygen atoms in total. The summed E-state index contributed by atoms with van der Waals surface area (Å²) in [5.41, 5.74) is 8.24. The number of hydrogen-bond donors (Lipinski definition) is 5. The van der Waals surface area contributed by atoms with Gasteiger partial charge in [-0.2, -0.15) is 0 Å². The molecule has 2 atom stereocenters.